The number of hydrogen-bond donors (Lipinski definition) is 0. The fourth-order valence-electron chi connectivity index (χ4n) is 6.41. The third-order valence-electron chi connectivity index (χ3n) is 8.83. The maximum atomic E-state index is 7.45. The van der Waals surface area contributed by atoms with E-state index in [4.69, 9.17) is 7.56 Å². The Morgan fingerprint density at radius 1 is 0.432 bits per heavy atom. The summed E-state index contributed by atoms with van der Waals surface area (Å²) in [4.78, 5) is 0. The van der Waals surface area contributed by atoms with Crippen LogP contribution in [0.15, 0.2) is 0 Å². The zero-order valence-electron chi connectivity index (χ0n) is 25.4. The van der Waals surface area contributed by atoms with Gasteiger partial charge in [0.2, 0.25) is 0 Å². The van der Waals surface area contributed by atoms with E-state index in [0.717, 1.165) is 13.2 Å². The van der Waals surface area contributed by atoms with E-state index in [2.05, 4.69) is 13.8 Å². The molecule has 220 valence electrons. The first-order valence-electron chi connectivity index (χ1n) is 17.2. The zero-order chi connectivity index (χ0) is 26.3. The molecule has 2 heterocycles. The fraction of sp³-hybridized carbons (Fsp3) is 1.00. The summed E-state index contributed by atoms with van der Waals surface area (Å²) in [6.07, 6.45) is 33.5. The van der Waals surface area contributed by atoms with Gasteiger partial charge in [0.15, 0.2) is 0 Å². The van der Waals surface area contributed by atoms with Crippen molar-refractivity contribution in [1.29, 1.82) is 0 Å². The summed E-state index contributed by atoms with van der Waals surface area (Å²) >= 11 is -5.93. The molecule has 0 radical (unpaired) electrons. The molecule has 0 aliphatic carbocycles. The molecule has 0 aromatic heterocycles. The zero-order valence-corrected chi connectivity index (χ0v) is 31.1. The molecule has 0 bridgehead atoms. The molecule has 0 aromatic rings. The predicted molar refractivity (Wildman–Crippen MR) is 166 cm³/mol. The Hall–Kier alpha value is 1.48. The van der Waals surface area contributed by atoms with Gasteiger partial charge in [-0.2, -0.15) is 0 Å². The van der Waals surface area contributed by atoms with Gasteiger partial charge in [0.25, 0.3) is 0 Å². The molecule has 0 saturated carbocycles. The molecule has 2 rings (SSSR count). The predicted octanol–water partition coefficient (Wildman–Crippen LogP) is 11.3. The fourth-order valence-corrected chi connectivity index (χ4v) is 47.9. The Morgan fingerprint density at radius 2 is 0.757 bits per heavy atom. The van der Waals surface area contributed by atoms with Crippen LogP contribution >= 0.6 is 0 Å². The van der Waals surface area contributed by atoms with Gasteiger partial charge in [-0.1, -0.05) is 0 Å². The normalized spacial score (nSPS) is 24.5. The van der Waals surface area contributed by atoms with Gasteiger partial charge < -0.3 is 0 Å². The number of hydrogen-bond acceptors (Lipinski definition) is 3. The van der Waals surface area contributed by atoms with Crippen LogP contribution in [0.1, 0.15) is 168 Å². The van der Waals surface area contributed by atoms with Crippen LogP contribution in [0.2, 0.25) is 17.7 Å². The Labute approximate surface area is 243 Å². The van der Waals surface area contributed by atoms with E-state index in [1.54, 1.807) is 0 Å². The van der Waals surface area contributed by atoms with Gasteiger partial charge in [-0.05, 0) is 0 Å². The first-order chi connectivity index (χ1) is 18.2. The third kappa shape index (κ3) is 16.5. The Balaban J connectivity index is 1.70. The van der Waals surface area contributed by atoms with Gasteiger partial charge in [-0.25, -0.2) is 0 Å². The molecule has 3 nitrogen and oxygen atoms in total. The van der Waals surface area contributed by atoms with Crippen LogP contribution in [0.5, 0.6) is 0 Å². The van der Waals surface area contributed by atoms with Crippen molar-refractivity contribution in [3.8, 4) is 0 Å². The average Bonchev–Trinajstić information content (AvgIpc) is 2.92. The molecule has 0 amide bonds. The van der Waals surface area contributed by atoms with Gasteiger partial charge >= 0.3 is 245 Å². The summed E-state index contributed by atoms with van der Waals surface area (Å²) in [6.45, 7) is 6.57. The monoisotopic (exact) mass is 738 g/mol. The van der Waals surface area contributed by atoms with Crippen LogP contribution in [0.3, 0.4) is 0 Å². The minimum atomic E-state index is -2.96. The van der Waals surface area contributed by atoms with Crippen molar-refractivity contribution in [3.05, 3.63) is 0 Å². The topological polar surface area (TPSA) is 27.7 Å². The minimum absolute atomic E-state index is 0.980. The van der Waals surface area contributed by atoms with E-state index < -0.39 is 38.4 Å². The van der Waals surface area contributed by atoms with E-state index in [0.29, 0.717) is 0 Å². The van der Waals surface area contributed by atoms with Crippen LogP contribution in [0.25, 0.3) is 0 Å². The maximum absolute atomic E-state index is 7.45. The van der Waals surface area contributed by atoms with E-state index in [9.17, 15) is 0 Å². The first-order valence-corrected chi connectivity index (χ1v) is 30.0. The number of unbranched alkanes of at least 4 members (excludes halogenated alkanes) is 18. The van der Waals surface area contributed by atoms with Gasteiger partial charge in [0.1, 0.15) is 0 Å². The van der Waals surface area contributed by atoms with E-state index in [1.165, 1.54) is 172 Å². The molecule has 2 unspecified atom stereocenters. The Kier molecular flexibility index (Phi) is 21.6. The molecule has 5 heteroatoms. The second-order valence-electron chi connectivity index (χ2n) is 12.4. The van der Waals surface area contributed by atoms with Crippen LogP contribution in [0, 0.1) is 0 Å². The molecule has 2 aliphatic heterocycles. The molecule has 0 aromatic carbocycles. The van der Waals surface area contributed by atoms with Crippen LogP contribution in [-0.4, -0.2) is 51.6 Å². The molecule has 2 atom stereocenters. The molecular weight excluding hydrogens is 670 g/mol. The van der Waals surface area contributed by atoms with Crippen molar-refractivity contribution in [2.24, 2.45) is 0 Å². The Morgan fingerprint density at radius 3 is 1.05 bits per heavy atom. The molecule has 0 N–H and O–H groups in total. The van der Waals surface area contributed by atoms with Gasteiger partial charge in [0.05, 0.1) is 0 Å². The van der Waals surface area contributed by atoms with Crippen LogP contribution in [0.4, 0.5) is 0 Å². The van der Waals surface area contributed by atoms with Crippen molar-refractivity contribution in [2.45, 2.75) is 186 Å². The molecular formula is C32H66O3Sn2. The summed E-state index contributed by atoms with van der Waals surface area (Å²) in [5.41, 5.74) is 0. The molecule has 37 heavy (non-hydrogen) atoms. The first kappa shape index (κ1) is 34.7. The molecule has 2 saturated heterocycles. The quantitative estimate of drug-likeness (QED) is 0.0730. The van der Waals surface area contributed by atoms with Gasteiger partial charge in [-0.15, -0.1) is 0 Å². The van der Waals surface area contributed by atoms with Crippen molar-refractivity contribution < 1.29 is 7.56 Å². The van der Waals surface area contributed by atoms with Crippen LogP contribution in [-0.2, 0) is 7.56 Å². The van der Waals surface area contributed by atoms with Crippen molar-refractivity contribution in [1.82, 2.24) is 0 Å². The van der Waals surface area contributed by atoms with Crippen LogP contribution < -0.4 is 0 Å². The molecule has 2 fully saturated rings. The second kappa shape index (κ2) is 23.1. The summed E-state index contributed by atoms with van der Waals surface area (Å²) < 4.78 is 26.2. The second-order valence-corrected chi connectivity index (χ2v) is 34.6. The van der Waals surface area contributed by atoms with Crippen molar-refractivity contribution in [3.63, 3.8) is 0 Å². The van der Waals surface area contributed by atoms with E-state index >= 15 is 0 Å². The van der Waals surface area contributed by atoms with Gasteiger partial charge in [0, 0.05) is 0 Å². The average molecular weight is 736 g/mol. The molecule has 2 aliphatic rings. The van der Waals surface area contributed by atoms with Crippen molar-refractivity contribution >= 4 is 38.4 Å². The summed E-state index contributed by atoms with van der Waals surface area (Å²) in [6, 6.07) is 0. The Bertz CT molecular complexity index is 460. The SMILES string of the molecule is CCCCCCCCCCC[CH2][Sn]1([O][Sn]2([CH2]CCCCCCCCCCC)[CH2]CCC[O]2)[CH2]CCC[O]1. The summed E-state index contributed by atoms with van der Waals surface area (Å²) in [7, 11) is 0. The molecule has 0 spiro atoms. The number of rotatable bonds is 24. The van der Waals surface area contributed by atoms with Gasteiger partial charge in [-0.3, -0.25) is 0 Å². The van der Waals surface area contributed by atoms with E-state index in [-0.39, 0.29) is 0 Å². The third-order valence-corrected chi connectivity index (χ3v) is 42.1. The standard InChI is InChI=1S/2C12H25.2C4H8O.O.2Sn/c2*1-3-5-7-9-11-12-10-8-6-4-2;2*1-2-3-4-5;;;/h2*1,3-12H2,2H3;2*1-4H2;;;/q;;2*-1;;2*+1. The van der Waals surface area contributed by atoms with Crippen molar-refractivity contribution in [2.75, 3.05) is 13.2 Å². The summed E-state index contributed by atoms with van der Waals surface area (Å²) in [5.74, 6) is 0. The van der Waals surface area contributed by atoms with E-state index in [1.807, 2.05) is 0 Å². The summed E-state index contributed by atoms with van der Waals surface area (Å²) in [5, 5.41) is 0.